The van der Waals surface area contributed by atoms with Crippen molar-refractivity contribution in [2.75, 3.05) is 5.75 Å². The van der Waals surface area contributed by atoms with E-state index in [0.717, 1.165) is 17.8 Å². The average Bonchev–Trinajstić information content (AvgIpc) is 2.00. The first-order valence-corrected chi connectivity index (χ1v) is 9.87. The second-order valence-electron chi connectivity index (χ2n) is 1.86. The third kappa shape index (κ3) is 22.5. The van der Waals surface area contributed by atoms with E-state index in [-0.39, 0.29) is 0 Å². The standard InChI is InChI=1S/C3H9O2PS2.C3H5.Zn/c1-2-3-8-6(4,5)7;1-3-2;/h2-3H2,1H3,(H2,4,5,7);3H,1-2H2;/q;;+2/p-2. The van der Waals surface area contributed by atoms with Gasteiger partial charge in [-0.05, 0) is 12.2 Å². The third-order valence-corrected chi connectivity index (χ3v) is 4.87. The van der Waals surface area contributed by atoms with Crippen molar-refractivity contribution >= 4 is 28.9 Å². The predicted molar refractivity (Wildman–Crippen MR) is 52.0 cm³/mol. The van der Waals surface area contributed by atoms with Gasteiger partial charge in [0.15, 0.2) is 0 Å². The van der Waals surface area contributed by atoms with E-state index in [0.29, 0.717) is 5.75 Å². The van der Waals surface area contributed by atoms with E-state index >= 15 is 0 Å². The van der Waals surface area contributed by atoms with Gasteiger partial charge in [0.25, 0.3) is 0 Å². The largest absolute Gasteiger partial charge is 0.825 e. The van der Waals surface area contributed by atoms with Gasteiger partial charge in [-0.25, -0.2) is 0 Å². The van der Waals surface area contributed by atoms with Crippen LogP contribution in [-0.4, -0.2) is 5.75 Å². The Morgan fingerprint density at radius 3 is 2.17 bits per heavy atom. The van der Waals surface area contributed by atoms with Gasteiger partial charge < -0.3 is 9.79 Å². The summed E-state index contributed by atoms with van der Waals surface area (Å²) in [4.78, 5) is 20.4. The van der Waals surface area contributed by atoms with Gasteiger partial charge in [0.1, 0.15) is 0 Å². The van der Waals surface area contributed by atoms with Gasteiger partial charge in [0, 0.05) is 0 Å². The average molecular weight is 277 g/mol. The minimum atomic E-state index is -3.43. The van der Waals surface area contributed by atoms with Crippen molar-refractivity contribution in [3.8, 4) is 0 Å². The Balaban J connectivity index is 0. The fourth-order valence-electron chi connectivity index (χ4n) is 0.203. The molecular formula is C6H12O2PS2Zn. The summed E-state index contributed by atoms with van der Waals surface area (Å²) in [5.41, 5.74) is -3.43. The number of hydrogen-bond donors (Lipinski definition) is 0. The van der Waals surface area contributed by atoms with Crippen LogP contribution in [0.15, 0.2) is 12.7 Å². The minimum absolute atomic E-state index is 0.615. The maximum atomic E-state index is 10.2. The van der Waals surface area contributed by atoms with Gasteiger partial charge in [0.2, 0.25) is 0 Å². The first-order chi connectivity index (χ1) is 5.47. The third-order valence-electron chi connectivity index (χ3n) is 0.658. The van der Waals surface area contributed by atoms with Gasteiger partial charge in [-0.15, -0.1) is 11.8 Å². The molecule has 2 nitrogen and oxygen atoms in total. The summed E-state index contributed by atoms with van der Waals surface area (Å²) in [6, 6.07) is 0. The summed E-state index contributed by atoms with van der Waals surface area (Å²) in [5.74, 6) is 0.615. The Hall–Kier alpha value is 1.28. The molecule has 0 saturated carbocycles. The van der Waals surface area contributed by atoms with Crippen LogP contribution in [-0.2, 0) is 30.1 Å². The second-order valence-corrected chi connectivity index (χ2v) is 8.98. The van der Waals surface area contributed by atoms with E-state index in [9.17, 15) is 9.79 Å². The van der Waals surface area contributed by atoms with Crippen molar-refractivity contribution in [2.24, 2.45) is 0 Å². The molecule has 67 valence electrons. The van der Waals surface area contributed by atoms with Crippen molar-refractivity contribution in [1.82, 2.24) is 0 Å². The molecule has 0 unspecified atom stereocenters. The molecule has 0 radical (unpaired) electrons. The van der Waals surface area contributed by atoms with Crippen molar-refractivity contribution in [3.63, 3.8) is 0 Å². The predicted octanol–water partition coefficient (Wildman–Crippen LogP) is 1.21. The van der Waals surface area contributed by atoms with Crippen LogP contribution < -0.4 is 9.79 Å². The molecule has 0 aromatic carbocycles. The zero-order chi connectivity index (χ0) is 10.0. The van der Waals surface area contributed by atoms with Crippen molar-refractivity contribution in [3.05, 3.63) is 12.7 Å². The molecular weight excluding hydrogens is 265 g/mol. The van der Waals surface area contributed by atoms with E-state index in [4.69, 9.17) is 0 Å². The van der Waals surface area contributed by atoms with E-state index in [1.165, 1.54) is 23.3 Å². The summed E-state index contributed by atoms with van der Waals surface area (Å²) in [6.45, 7) is 5.43. The normalized spacial score (nSPS) is 10.1. The van der Waals surface area contributed by atoms with Gasteiger partial charge in [0.05, 0.1) is 0 Å². The molecule has 0 N–H and O–H groups in total. The van der Waals surface area contributed by atoms with Gasteiger partial charge in [-0.2, -0.15) is 17.1 Å². The number of rotatable bonds is 4. The van der Waals surface area contributed by atoms with Crippen LogP contribution in [0.25, 0.3) is 0 Å². The number of allylic oxidation sites excluding steroid dienone is 1. The molecule has 6 heteroatoms. The Bertz CT molecular complexity index is 148. The summed E-state index contributed by atoms with van der Waals surface area (Å²) in [5, 5.41) is 1.21. The molecule has 0 aliphatic carbocycles. The topological polar surface area (TPSA) is 46.1 Å². The maximum Gasteiger partial charge on any atom is -0.00445 e. The molecule has 0 aromatic heterocycles. The molecule has 0 aromatic rings. The van der Waals surface area contributed by atoms with Crippen LogP contribution in [0, 0.1) is 0 Å². The van der Waals surface area contributed by atoms with Crippen LogP contribution in [0.5, 0.6) is 0 Å². The first kappa shape index (κ1) is 15.7. The van der Waals surface area contributed by atoms with Gasteiger partial charge in [-0.1, -0.05) is 6.92 Å². The molecule has 0 aliphatic heterocycles. The zero-order valence-corrected chi connectivity index (χ0v) is 12.7. The van der Waals surface area contributed by atoms with E-state index in [1.54, 1.807) is 0 Å². The van der Waals surface area contributed by atoms with Crippen molar-refractivity contribution < 1.29 is 28.1 Å². The van der Waals surface area contributed by atoms with Crippen LogP contribution in [0.3, 0.4) is 0 Å². The molecule has 0 heterocycles. The van der Waals surface area contributed by atoms with Crippen molar-refractivity contribution in [2.45, 2.75) is 18.4 Å². The zero-order valence-electron chi connectivity index (χ0n) is 7.19. The smallest absolute Gasteiger partial charge is 0.00445 e. The summed E-state index contributed by atoms with van der Waals surface area (Å²) in [7, 11) is 0. The molecule has 0 bridgehead atoms. The number of hydrogen-bond acceptors (Lipinski definition) is 4. The van der Waals surface area contributed by atoms with Crippen LogP contribution in [0.4, 0.5) is 0 Å². The SMILES string of the molecule is C=C[CH2][Zn+2].CCCSP([O-])([O-])=S. The monoisotopic (exact) mass is 275 g/mol. The quantitative estimate of drug-likeness (QED) is 0.440. The fraction of sp³-hybridized carbons (Fsp3) is 0.667. The second kappa shape index (κ2) is 10.4. The Morgan fingerprint density at radius 1 is 1.67 bits per heavy atom. The molecule has 0 saturated heterocycles. The van der Waals surface area contributed by atoms with Gasteiger partial charge >= 0.3 is 36.0 Å². The molecule has 0 aliphatic rings. The molecule has 0 rings (SSSR count). The van der Waals surface area contributed by atoms with E-state index < -0.39 is 5.69 Å². The van der Waals surface area contributed by atoms with Crippen LogP contribution in [0.2, 0.25) is 5.02 Å². The Kier molecular flexibility index (Phi) is 13.6. The van der Waals surface area contributed by atoms with Crippen LogP contribution in [0.1, 0.15) is 13.3 Å². The van der Waals surface area contributed by atoms with Crippen LogP contribution >= 0.6 is 17.1 Å². The molecule has 0 fully saturated rings. The maximum absolute atomic E-state index is 10.2. The molecule has 0 amide bonds. The molecule has 12 heavy (non-hydrogen) atoms. The summed E-state index contributed by atoms with van der Waals surface area (Å²) in [6.07, 6.45) is 2.79. The Morgan fingerprint density at radius 2 is 2.08 bits per heavy atom. The van der Waals surface area contributed by atoms with Gasteiger partial charge in [-0.3, -0.25) is 0 Å². The molecule has 0 spiro atoms. The summed E-state index contributed by atoms with van der Waals surface area (Å²) < 4.78 is 0. The minimum Gasteiger partial charge on any atom is -0.825 e. The first-order valence-electron chi connectivity index (χ1n) is 3.54. The molecule has 0 atom stereocenters. The summed E-state index contributed by atoms with van der Waals surface area (Å²) >= 11 is 6.31. The van der Waals surface area contributed by atoms with E-state index in [2.05, 4.69) is 18.4 Å². The fourth-order valence-corrected chi connectivity index (χ4v) is 2.50. The van der Waals surface area contributed by atoms with E-state index in [1.807, 2.05) is 13.0 Å². The Labute approximate surface area is 93.4 Å². The van der Waals surface area contributed by atoms with Crippen molar-refractivity contribution in [1.29, 1.82) is 0 Å².